The standard InChI is InChI=1S/C22H25F3N2O5S/c1-3-31-17-5-7-18(8-6-17)32-20-9-4-15(22(23,24)25)12-19(20)26-13-21(28)27(2)16-10-11-33(29,30)14-16/h4-9,12,16,26H,3,10-11,13-14H2,1-2H3. The Morgan fingerprint density at radius 2 is 1.82 bits per heavy atom. The summed E-state index contributed by atoms with van der Waals surface area (Å²) in [5.41, 5.74) is -0.911. The lowest BCUT2D eigenvalue weighted by atomic mass is 10.1. The van der Waals surface area contributed by atoms with Crippen LogP contribution in [0.5, 0.6) is 17.2 Å². The van der Waals surface area contributed by atoms with E-state index in [-0.39, 0.29) is 29.5 Å². The van der Waals surface area contributed by atoms with Crippen LogP contribution >= 0.6 is 0 Å². The van der Waals surface area contributed by atoms with Crippen LogP contribution in [0.15, 0.2) is 42.5 Å². The highest BCUT2D eigenvalue weighted by Gasteiger charge is 2.33. The van der Waals surface area contributed by atoms with Crippen molar-refractivity contribution in [2.45, 2.75) is 25.6 Å². The molecule has 3 rings (SSSR count). The second-order valence-corrected chi connectivity index (χ2v) is 9.86. The maximum absolute atomic E-state index is 13.2. The van der Waals surface area contributed by atoms with E-state index in [2.05, 4.69) is 5.32 Å². The molecule has 1 aliphatic heterocycles. The van der Waals surface area contributed by atoms with Gasteiger partial charge in [0.1, 0.15) is 11.5 Å². The zero-order valence-corrected chi connectivity index (χ0v) is 19.0. The number of rotatable bonds is 8. The molecule has 1 N–H and O–H groups in total. The molecule has 1 unspecified atom stereocenters. The first-order chi connectivity index (χ1) is 15.5. The molecule has 180 valence electrons. The number of carbonyl (C=O) groups excluding carboxylic acids is 1. The molecule has 1 heterocycles. The molecule has 7 nitrogen and oxygen atoms in total. The van der Waals surface area contributed by atoms with Crippen molar-refractivity contribution in [1.82, 2.24) is 4.90 Å². The monoisotopic (exact) mass is 486 g/mol. The fourth-order valence-corrected chi connectivity index (χ4v) is 5.19. The molecule has 0 radical (unpaired) electrons. The van der Waals surface area contributed by atoms with Crippen molar-refractivity contribution in [3.05, 3.63) is 48.0 Å². The van der Waals surface area contributed by atoms with Crippen molar-refractivity contribution in [2.75, 3.05) is 37.0 Å². The Morgan fingerprint density at radius 1 is 1.15 bits per heavy atom. The molecular weight excluding hydrogens is 461 g/mol. The summed E-state index contributed by atoms with van der Waals surface area (Å²) in [6, 6.07) is 9.07. The van der Waals surface area contributed by atoms with E-state index in [0.717, 1.165) is 12.1 Å². The first kappa shape index (κ1) is 24.7. The average Bonchev–Trinajstić information content (AvgIpc) is 3.12. The highest BCUT2D eigenvalue weighted by atomic mass is 32.2. The zero-order chi connectivity index (χ0) is 24.2. The van der Waals surface area contributed by atoms with Crippen LogP contribution in [0.1, 0.15) is 18.9 Å². The number of anilines is 1. The lowest BCUT2D eigenvalue weighted by Gasteiger charge is -2.24. The smallest absolute Gasteiger partial charge is 0.416 e. The molecule has 1 amide bonds. The van der Waals surface area contributed by atoms with Gasteiger partial charge in [0, 0.05) is 13.1 Å². The maximum Gasteiger partial charge on any atom is 0.416 e. The zero-order valence-electron chi connectivity index (χ0n) is 18.2. The fourth-order valence-electron chi connectivity index (χ4n) is 3.41. The lowest BCUT2D eigenvalue weighted by Crippen LogP contribution is -2.40. The molecule has 1 fully saturated rings. The van der Waals surface area contributed by atoms with Gasteiger partial charge in [0.15, 0.2) is 15.6 Å². The number of sulfone groups is 1. The molecule has 2 aromatic carbocycles. The molecule has 0 bridgehead atoms. The number of hydrogen-bond donors (Lipinski definition) is 1. The van der Waals surface area contributed by atoms with Crippen molar-refractivity contribution in [2.24, 2.45) is 0 Å². The van der Waals surface area contributed by atoms with Crippen molar-refractivity contribution < 1.29 is 35.9 Å². The van der Waals surface area contributed by atoms with Gasteiger partial charge in [-0.1, -0.05) is 0 Å². The second kappa shape index (κ2) is 9.90. The number of benzene rings is 2. The fraction of sp³-hybridized carbons (Fsp3) is 0.409. The van der Waals surface area contributed by atoms with Crippen LogP contribution < -0.4 is 14.8 Å². The van der Waals surface area contributed by atoms with Crippen LogP contribution in [0, 0.1) is 0 Å². The van der Waals surface area contributed by atoms with Crippen LogP contribution in [-0.2, 0) is 20.8 Å². The summed E-state index contributed by atoms with van der Waals surface area (Å²) in [7, 11) is -1.69. The Hall–Kier alpha value is -2.95. The predicted octanol–water partition coefficient (Wildman–Crippen LogP) is 3.95. The number of nitrogens with zero attached hydrogens (tertiary/aromatic N) is 1. The lowest BCUT2D eigenvalue weighted by molar-refractivity contribution is -0.137. The van der Waals surface area contributed by atoms with Gasteiger partial charge >= 0.3 is 6.18 Å². The summed E-state index contributed by atoms with van der Waals surface area (Å²) in [6.45, 7) is 2.01. The maximum atomic E-state index is 13.2. The molecular formula is C22H25F3N2O5S. The molecule has 11 heteroatoms. The molecule has 33 heavy (non-hydrogen) atoms. The van der Waals surface area contributed by atoms with Gasteiger partial charge in [-0.2, -0.15) is 13.2 Å². The van der Waals surface area contributed by atoms with Gasteiger partial charge in [-0.3, -0.25) is 4.79 Å². The Bertz CT molecular complexity index is 1090. The number of likely N-dealkylation sites (N-methyl/N-ethyl adjacent to an activating group) is 1. The summed E-state index contributed by atoms with van der Waals surface area (Å²) in [6.07, 6.45) is -4.24. The van der Waals surface area contributed by atoms with E-state index in [9.17, 15) is 26.4 Å². The van der Waals surface area contributed by atoms with Crippen molar-refractivity contribution in [1.29, 1.82) is 0 Å². The van der Waals surface area contributed by atoms with Gasteiger partial charge in [0.25, 0.3) is 0 Å². The molecule has 0 spiro atoms. The minimum atomic E-state index is -4.58. The third-order valence-electron chi connectivity index (χ3n) is 5.25. The molecule has 2 aromatic rings. The number of hydrogen-bond acceptors (Lipinski definition) is 6. The van der Waals surface area contributed by atoms with Gasteiger partial charge in [0.2, 0.25) is 5.91 Å². The summed E-state index contributed by atoms with van der Waals surface area (Å²) in [5.74, 6) is 0.549. The summed E-state index contributed by atoms with van der Waals surface area (Å²) < 4.78 is 74.1. The van der Waals surface area contributed by atoms with E-state index in [1.54, 1.807) is 24.3 Å². The van der Waals surface area contributed by atoms with Crippen LogP contribution in [0.4, 0.5) is 18.9 Å². The third-order valence-corrected chi connectivity index (χ3v) is 7.00. The second-order valence-electron chi connectivity index (χ2n) is 7.63. The highest BCUT2D eigenvalue weighted by Crippen LogP contribution is 2.37. The number of nitrogens with one attached hydrogen (secondary N) is 1. The van der Waals surface area contributed by atoms with E-state index in [4.69, 9.17) is 9.47 Å². The van der Waals surface area contributed by atoms with Crippen LogP contribution in [-0.4, -0.2) is 57.0 Å². The predicted molar refractivity (Wildman–Crippen MR) is 117 cm³/mol. The van der Waals surface area contributed by atoms with Crippen molar-refractivity contribution >= 4 is 21.4 Å². The molecule has 1 aliphatic rings. The largest absolute Gasteiger partial charge is 0.494 e. The SMILES string of the molecule is CCOc1ccc(Oc2ccc(C(F)(F)F)cc2NCC(=O)N(C)C2CCS(=O)(=O)C2)cc1. The first-order valence-corrected chi connectivity index (χ1v) is 12.1. The highest BCUT2D eigenvalue weighted by molar-refractivity contribution is 7.91. The molecule has 0 aromatic heterocycles. The summed E-state index contributed by atoms with van der Waals surface area (Å²) >= 11 is 0. The number of alkyl halides is 3. The van der Waals surface area contributed by atoms with E-state index >= 15 is 0 Å². The van der Waals surface area contributed by atoms with Crippen LogP contribution in [0.25, 0.3) is 0 Å². The topological polar surface area (TPSA) is 84.9 Å². The molecule has 0 saturated carbocycles. The quantitative estimate of drug-likeness (QED) is 0.608. The molecule has 1 atom stereocenters. The number of amides is 1. The normalized spacial score (nSPS) is 17.4. The van der Waals surface area contributed by atoms with Crippen LogP contribution in [0.2, 0.25) is 0 Å². The van der Waals surface area contributed by atoms with Crippen molar-refractivity contribution in [3.8, 4) is 17.2 Å². The van der Waals surface area contributed by atoms with E-state index in [0.29, 0.717) is 24.5 Å². The van der Waals surface area contributed by atoms with Gasteiger partial charge in [-0.05, 0) is 55.8 Å². The Morgan fingerprint density at radius 3 is 2.39 bits per heavy atom. The van der Waals surface area contributed by atoms with Gasteiger partial charge in [0.05, 0.1) is 35.9 Å². The number of carbonyl (C=O) groups is 1. The van der Waals surface area contributed by atoms with Gasteiger partial charge < -0.3 is 19.7 Å². The van der Waals surface area contributed by atoms with E-state index in [1.807, 2.05) is 6.92 Å². The average molecular weight is 487 g/mol. The number of ether oxygens (including phenoxy) is 2. The summed E-state index contributed by atoms with van der Waals surface area (Å²) in [4.78, 5) is 13.9. The molecule has 1 saturated heterocycles. The van der Waals surface area contributed by atoms with Crippen molar-refractivity contribution in [3.63, 3.8) is 0 Å². The first-order valence-electron chi connectivity index (χ1n) is 10.3. The molecule has 0 aliphatic carbocycles. The van der Waals surface area contributed by atoms with Gasteiger partial charge in [-0.25, -0.2) is 8.42 Å². The minimum absolute atomic E-state index is 0.0103. The van der Waals surface area contributed by atoms with Gasteiger partial charge in [-0.15, -0.1) is 0 Å². The van der Waals surface area contributed by atoms with E-state index < -0.39 is 33.5 Å². The van der Waals surface area contributed by atoms with Crippen LogP contribution in [0.3, 0.4) is 0 Å². The third kappa shape index (κ3) is 6.53. The Labute approximate surface area is 190 Å². The summed E-state index contributed by atoms with van der Waals surface area (Å²) in [5, 5.41) is 2.71. The Kier molecular flexibility index (Phi) is 7.41. The van der Waals surface area contributed by atoms with E-state index in [1.165, 1.54) is 18.0 Å². The number of halogens is 3. The minimum Gasteiger partial charge on any atom is -0.494 e. The Balaban J connectivity index is 1.76.